The first-order valence-corrected chi connectivity index (χ1v) is 7.19. The van der Waals surface area contributed by atoms with Crippen LogP contribution < -0.4 is 5.32 Å². The largest absolute Gasteiger partial charge is 0.467 e. The van der Waals surface area contributed by atoms with Gasteiger partial charge in [0, 0.05) is 12.0 Å². The topological polar surface area (TPSA) is 64.1 Å². The molecule has 0 spiro atoms. The summed E-state index contributed by atoms with van der Waals surface area (Å²) in [5.74, 6) is 1.80. The molecule has 0 bridgehead atoms. The van der Waals surface area contributed by atoms with Gasteiger partial charge in [0.15, 0.2) is 0 Å². The van der Waals surface area contributed by atoms with Gasteiger partial charge in [0.1, 0.15) is 22.3 Å². The van der Waals surface area contributed by atoms with Crippen LogP contribution in [0.15, 0.2) is 10.7 Å². The van der Waals surface area contributed by atoms with Crippen LogP contribution in [0.1, 0.15) is 38.4 Å². The number of hydrogen-bond donors (Lipinski definition) is 1. The molecule has 1 aliphatic carbocycles. The highest BCUT2D eigenvalue weighted by Gasteiger charge is 2.28. The van der Waals surface area contributed by atoms with Crippen molar-refractivity contribution >= 4 is 27.7 Å². The first kappa shape index (κ1) is 14.2. The lowest BCUT2D eigenvalue weighted by Gasteiger charge is -2.20. The monoisotopic (exact) mass is 327 g/mol. The molecule has 1 aromatic heterocycles. The molecular weight excluding hydrogens is 310 g/mol. The first-order chi connectivity index (χ1) is 9.01. The highest BCUT2D eigenvalue weighted by molar-refractivity contribution is 9.10. The van der Waals surface area contributed by atoms with Crippen LogP contribution in [0.2, 0.25) is 0 Å². The molecule has 1 atom stereocenters. The predicted octanol–water partition coefficient (Wildman–Crippen LogP) is 2.73. The van der Waals surface area contributed by atoms with Crippen molar-refractivity contribution in [2.45, 2.75) is 38.6 Å². The van der Waals surface area contributed by atoms with E-state index in [1.165, 1.54) is 7.11 Å². The second kappa shape index (κ2) is 5.86. The van der Waals surface area contributed by atoms with Gasteiger partial charge < -0.3 is 10.1 Å². The number of nitrogens with zero attached hydrogens (tertiary/aromatic N) is 2. The number of aromatic nitrogens is 2. The molecule has 0 radical (unpaired) electrons. The van der Waals surface area contributed by atoms with Gasteiger partial charge >= 0.3 is 5.97 Å². The number of methoxy groups -OCH3 is 1. The molecule has 1 N–H and O–H groups in total. The molecule has 104 valence electrons. The SMILES string of the molecule is COC(=O)C(Nc1cc(Br)nc(C2CC2)n1)C(C)C. The number of rotatable bonds is 5. The molecule has 1 aliphatic rings. The Morgan fingerprint density at radius 1 is 1.47 bits per heavy atom. The van der Waals surface area contributed by atoms with Crippen LogP contribution in [0.3, 0.4) is 0 Å². The minimum absolute atomic E-state index is 0.116. The standard InChI is InChI=1S/C13H18BrN3O2/c1-7(2)11(13(18)19-3)16-10-6-9(14)15-12(17-10)8-4-5-8/h6-8,11H,4-5H2,1-3H3,(H,15,16,17). The van der Waals surface area contributed by atoms with Gasteiger partial charge in [-0.2, -0.15) is 0 Å². The Kier molecular flexibility index (Phi) is 4.39. The Labute approximate surface area is 121 Å². The Hall–Kier alpha value is -1.17. The lowest BCUT2D eigenvalue weighted by atomic mass is 10.0. The Bertz CT molecular complexity index is 475. The summed E-state index contributed by atoms with van der Waals surface area (Å²) in [7, 11) is 1.39. The van der Waals surface area contributed by atoms with E-state index in [0.29, 0.717) is 11.7 Å². The summed E-state index contributed by atoms with van der Waals surface area (Å²) in [6, 6.07) is 1.38. The summed E-state index contributed by atoms with van der Waals surface area (Å²) >= 11 is 3.38. The molecule has 0 saturated heterocycles. The van der Waals surface area contributed by atoms with Gasteiger partial charge in [0.05, 0.1) is 7.11 Å². The van der Waals surface area contributed by atoms with E-state index < -0.39 is 6.04 Å². The average molecular weight is 328 g/mol. The maximum absolute atomic E-state index is 11.7. The maximum atomic E-state index is 11.7. The van der Waals surface area contributed by atoms with Crippen LogP contribution in [0.5, 0.6) is 0 Å². The van der Waals surface area contributed by atoms with Crippen molar-refractivity contribution in [3.63, 3.8) is 0 Å². The van der Waals surface area contributed by atoms with Crippen molar-refractivity contribution in [1.29, 1.82) is 0 Å². The normalized spacial score (nSPS) is 16.3. The molecule has 2 rings (SSSR count). The fourth-order valence-corrected chi connectivity index (χ4v) is 2.22. The lowest BCUT2D eigenvalue weighted by Crippen LogP contribution is -2.35. The number of esters is 1. The Morgan fingerprint density at radius 3 is 2.68 bits per heavy atom. The molecule has 5 nitrogen and oxygen atoms in total. The van der Waals surface area contributed by atoms with E-state index in [0.717, 1.165) is 23.3 Å². The fourth-order valence-electron chi connectivity index (χ4n) is 1.82. The van der Waals surface area contributed by atoms with Gasteiger partial charge in [0.25, 0.3) is 0 Å². The second-order valence-electron chi connectivity index (χ2n) is 5.10. The van der Waals surface area contributed by atoms with Crippen molar-refractivity contribution < 1.29 is 9.53 Å². The average Bonchev–Trinajstić information content (AvgIpc) is 3.18. The number of carbonyl (C=O) groups excluding carboxylic acids is 1. The highest BCUT2D eigenvalue weighted by Crippen LogP contribution is 2.38. The zero-order valence-electron chi connectivity index (χ0n) is 11.3. The van der Waals surface area contributed by atoms with E-state index >= 15 is 0 Å². The van der Waals surface area contributed by atoms with Crippen molar-refractivity contribution in [2.24, 2.45) is 5.92 Å². The Morgan fingerprint density at radius 2 is 2.16 bits per heavy atom. The zero-order chi connectivity index (χ0) is 14.0. The van der Waals surface area contributed by atoms with E-state index in [1.54, 1.807) is 6.07 Å². The third-order valence-corrected chi connectivity index (χ3v) is 3.49. The van der Waals surface area contributed by atoms with Crippen LogP contribution in [0.25, 0.3) is 0 Å². The summed E-state index contributed by atoms with van der Waals surface area (Å²) in [6.45, 7) is 3.93. The third-order valence-electron chi connectivity index (χ3n) is 3.08. The molecule has 1 saturated carbocycles. The number of hydrogen-bond acceptors (Lipinski definition) is 5. The molecule has 0 aromatic carbocycles. The predicted molar refractivity (Wildman–Crippen MR) is 76.0 cm³/mol. The number of halogens is 1. The van der Waals surface area contributed by atoms with Crippen LogP contribution in [0.4, 0.5) is 5.82 Å². The molecule has 19 heavy (non-hydrogen) atoms. The smallest absolute Gasteiger partial charge is 0.328 e. The summed E-state index contributed by atoms with van der Waals surface area (Å²) < 4.78 is 5.55. The first-order valence-electron chi connectivity index (χ1n) is 6.40. The van der Waals surface area contributed by atoms with Crippen LogP contribution in [-0.2, 0) is 9.53 Å². The minimum atomic E-state index is -0.404. The summed E-state index contributed by atoms with van der Waals surface area (Å²) in [5.41, 5.74) is 0. The molecule has 1 heterocycles. The summed E-state index contributed by atoms with van der Waals surface area (Å²) in [6.07, 6.45) is 2.28. The van der Waals surface area contributed by atoms with Crippen molar-refractivity contribution in [3.8, 4) is 0 Å². The quantitative estimate of drug-likeness (QED) is 0.665. The van der Waals surface area contributed by atoms with Gasteiger partial charge in [-0.25, -0.2) is 14.8 Å². The number of nitrogens with one attached hydrogen (secondary N) is 1. The van der Waals surface area contributed by atoms with E-state index in [-0.39, 0.29) is 11.9 Å². The van der Waals surface area contributed by atoms with Crippen LogP contribution >= 0.6 is 15.9 Å². The van der Waals surface area contributed by atoms with Gasteiger partial charge in [-0.3, -0.25) is 0 Å². The van der Waals surface area contributed by atoms with Gasteiger partial charge in [-0.15, -0.1) is 0 Å². The fraction of sp³-hybridized carbons (Fsp3) is 0.615. The minimum Gasteiger partial charge on any atom is -0.467 e. The highest BCUT2D eigenvalue weighted by atomic mass is 79.9. The van der Waals surface area contributed by atoms with Crippen LogP contribution in [0, 0.1) is 5.92 Å². The van der Waals surface area contributed by atoms with E-state index in [2.05, 4.69) is 31.2 Å². The van der Waals surface area contributed by atoms with Gasteiger partial charge in [-0.05, 0) is 34.7 Å². The molecule has 0 aliphatic heterocycles. The molecule has 0 amide bonds. The molecule has 1 fully saturated rings. The number of ether oxygens (including phenoxy) is 1. The number of carbonyl (C=O) groups is 1. The summed E-state index contributed by atoms with van der Waals surface area (Å²) in [4.78, 5) is 20.6. The molecular formula is C13H18BrN3O2. The van der Waals surface area contributed by atoms with E-state index in [1.807, 2.05) is 13.8 Å². The molecule has 6 heteroatoms. The number of anilines is 1. The van der Waals surface area contributed by atoms with Crippen molar-refractivity contribution in [2.75, 3.05) is 12.4 Å². The van der Waals surface area contributed by atoms with Crippen LogP contribution in [-0.4, -0.2) is 29.1 Å². The van der Waals surface area contributed by atoms with Crippen molar-refractivity contribution in [3.05, 3.63) is 16.5 Å². The molecule has 1 aromatic rings. The summed E-state index contributed by atoms with van der Waals surface area (Å²) in [5, 5.41) is 3.14. The second-order valence-corrected chi connectivity index (χ2v) is 5.91. The van der Waals surface area contributed by atoms with E-state index in [9.17, 15) is 4.79 Å². The Balaban J connectivity index is 2.18. The van der Waals surface area contributed by atoms with Gasteiger partial charge in [-0.1, -0.05) is 13.8 Å². The van der Waals surface area contributed by atoms with Crippen molar-refractivity contribution in [1.82, 2.24) is 9.97 Å². The zero-order valence-corrected chi connectivity index (χ0v) is 12.9. The lowest BCUT2D eigenvalue weighted by molar-refractivity contribution is -0.142. The molecule has 1 unspecified atom stereocenters. The maximum Gasteiger partial charge on any atom is 0.328 e. The third kappa shape index (κ3) is 3.65. The van der Waals surface area contributed by atoms with Gasteiger partial charge in [0.2, 0.25) is 0 Å². The van der Waals surface area contributed by atoms with E-state index in [4.69, 9.17) is 4.74 Å².